The molecule has 14 heavy (non-hydrogen) atoms. The Hall–Kier alpha value is -0.677. The van der Waals surface area contributed by atoms with Crippen LogP contribution < -0.4 is 0 Å². The molecule has 0 atom stereocenters. The molecular weight excluding hydrogens is 257 g/mol. The van der Waals surface area contributed by atoms with E-state index in [9.17, 15) is 0 Å². The first-order chi connectivity index (χ1) is 6.83. The number of allylic oxidation sites excluding steroid dienone is 9. The maximum atomic E-state index is 3.80. The first-order valence-electron chi connectivity index (χ1n) is 4.86. The van der Waals surface area contributed by atoms with E-state index in [1.165, 1.54) is 20.9 Å². The maximum absolute atomic E-state index is 3.80. The van der Waals surface area contributed by atoms with Crippen LogP contribution in [-0.2, 0) is 18.3 Å². The predicted molar refractivity (Wildman–Crippen MR) is 56.4 cm³/mol. The Morgan fingerprint density at radius 1 is 1.29 bits per heavy atom. The molecule has 73 valence electrons. The zero-order chi connectivity index (χ0) is 9.97. The van der Waals surface area contributed by atoms with Gasteiger partial charge in [-0.25, -0.2) is 0 Å². The van der Waals surface area contributed by atoms with E-state index in [1.54, 1.807) is 0 Å². The fraction of sp³-hybridized carbons (Fsp3) is 0.231. The summed E-state index contributed by atoms with van der Waals surface area (Å²) in [6, 6.07) is 0. The monoisotopic (exact) mass is 271 g/mol. The SMILES string of the molecule is C=CCC1=C(C2=[C]([Ru])CC=C2)CC=C1. The van der Waals surface area contributed by atoms with Crippen LogP contribution in [0.3, 0.4) is 0 Å². The van der Waals surface area contributed by atoms with Crippen molar-refractivity contribution in [2.45, 2.75) is 19.3 Å². The molecule has 0 heterocycles. The summed E-state index contributed by atoms with van der Waals surface area (Å²) in [5.41, 5.74) is 4.36. The Kier molecular flexibility index (Phi) is 2.98. The zero-order valence-electron chi connectivity index (χ0n) is 8.07. The third kappa shape index (κ3) is 1.74. The van der Waals surface area contributed by atoms with Crippen molar-refractivity contribution in [3.8, 4) is 0 Å². The molecule has 0 saturated carbocycles. The molecule has 2 aliphatic carbocycles. The van der Waals surface area contributed by atoms with Crippen molar-refractivity contribution < 1.29 is 18.3 Å². The average Bonchev–Trinajstić information content (AvgIpc) is 2.74. The summed E-state index contributed by atoms with van der Waals surface area (Å²) in [5.74, 6) is 0. The molecular formula is C13H13Ru. The van der Waals surface area contributed by atoms with Gasteiger partial charge in [-0.1, -0.05) is 0 Å². The normalized spacial score (nSPS) is 20.1. The molecule has 0 radical (unpaired) electrons. The molecule has 0 saturated heterocycles. The standard InChI is InChI=1S/C13H13.Ru/c1-2-6-11-9-5-10-13(11)12-7-3-4-8-12;/h2-3,5,7,9H,1,4,6,10H2;. The van der Waals surface area contributed by atoms with Gasteiger partial charge in [-0.15, -0.1) is 0 Å². The molecule has 2 aliphatic rings. The summed E-state index contributed by atoms with van der Waals surface area (Å²) in [6.45, 7) is 3.80. The van der Waals surface area contributed by atoms with Crippen molar-refractivity contribution in [2.75, 3.05) is 0 Å². The van der Waals surface area contributed by atoms with Crippen LogP contribution >= 0.6 is 0 Å². The molecule has 1 heteroatoms. The van der Waals surface area contributed by atoms with Crippen molar-refractivity contribution in [1.82, 2.24) is 0 Å². The van der Waals surface area contributed by atoms with Crippen molar-refractivity contribution in [3.05, 3.63) is 57.8 Å². The van der Waals surface area contributed by atoms with Crippen LogP contribution in [0, 0.1) is 0 Å². The zero-order valence-corrected chi connectivity index (χ0v) is 9.81. The van der Waals surface area contributed by atoms with E-state index < -0.39 is 0 Å². The molecule has 0 aromatic rings. The van der Waals surface area contributed by atoms with Gasteiger partial charge in [0.1, 0.15) is 0 Å². The minimum atomic E-state index is 0.989. The first-order valence-corrected chi connectivity index (χ1v) is 5.73. The van der Waals surface area contributed by atoms with Gasteiger partial charge >= 0.3 is 95.4 Å². The number of hydrogen-bond donors (Lipinski definition) is 0. The Morgan fingerprint density at radius 3 is 2.71 bits per heavy atom. The van der Waals surface area contributed by atoms with Crippen LogP contribution in [0.4, 0.5) is 0 Å². The second kappa shape index (κ2) is 4.23. The van der Waals surface area contributed by atoms with Crippen LogP contribution in [0.15, 0.2) is 57.8 Å². The number of hydrogen-bond acceptors (Lipinski definition) is 0. The third-order valence-corrected chi connectivity index (χ3v) is 3.40. The number of rotatable bonds is 3. The van der Waals surface area contributed by atoms with Crippen molar-refractivity contribution in [2.24, 2.45) is 0 Å². The second-order valence-corrected chi connectivity index (χ2v) is 4.56. The van der Waals surface area contributed by atoms with E-state index in [4.69, 9.17) is 0 Å². The summed E-state index contributed by atoms with van der Waals surface area (Å²) in [6.07, 6.45) is 14.1. The Balaban J connectivity index is 2.34. The fourth-order valence-electron chi connectivity index (χ4n) is 1.92. The predicted octanol–water partition coefficient (Wildman–Crippen LogP) is 3.58. The van der Waals surface area contributed by atoms with Gasteiger partial charge in [0, 0.05) is 0 Å². The summed E-state index contributed by atoms with van der Waals surface area (Å²) < 4.78 is 1.43. The van der Waals surface area contributed by atoms with Gasteiger partial charge in [0.15, 0.2) is 0 Å². The third-order valence-electron chi connectivity index (χ3n) is 2.58. The summed E-state index contributed by atoms with van der Waals surface area (Å²) in [5, 5.41) is 0. The van der Waals surface area contributed by atoms with Crippen molar-refractivity contribution in [1.29, 1.82) is 0 Å². The van der Waals surface area contributed by atoms with Crippen molar-refractivity contribution >= 4 is 0 Å². The molecule has 0 amide bonds. The second-order valence-electron chi connectivity index (χ2n) is 3.51. The van der Waals surface area contributed by atoms with Gasteiger partial charge < -0.3 is 0 Å². The topological polar surface area (TPSA) is 0 Å². The van der Waals surface area contributed by atoms with Gasteiger partial charge in [0.2, 0.25) is 0 Å². The van der Waals surface area contributed by atoms with E-state index in [2.05, 4.69) is 49.2 Å². The quantitative estimate of drug-likeness (QED) is 0.543. The molecule has 0 spiro atoms. The summed E-state index contributed by atoms with van der Waals surface area (Å²) in [4.78, 5) is 0. The Labute approximate surface area is 95.5 Å². The Bertz CT molecular complexity index is 378. The molecule has 0 N–H and O–H groups in total. The Morgan fingerprint density at radius 2 is 2.07 bits per heavy atom. The van der Waals surface area contributed by atoms with Crippen LogP contribution in [0.25, 0.3) is 0 Å². The van der Waals surface area contributed by atoms with Crippen LogP contribution in [0.2, 0.25) is 0 Å². The van der Waals surface area contributed by atoms with E-state index in [0.717, 1.165) is 19.3 Å². The van der Waals surface area contributed by atoms with Crippen LogP contribution in [-0.4, -0.2) is 0 Å². The summed E-state index contributed by atoms with van der Waals surface area (Å²) >= 11 is 2.75. The van der Waals surface area contributed by atoms with Gasteiger partial charge in [0.25, 0.3) is 0 Å². The summed E-state index contributed by atoms with van der Waals surface area (Å²) in [7, 11) is 0. The van der Waals surface area contributed by atoms with Gasteiger partial charge in [-0.05, 0) is 0 Å². The molecule has 0 fully saturated rings. The molecule has 2 rings (SSSR count). The molecule has 0 bridgehead atoms. The fourth-order valence-corrected chi connectivity index (χ4v) is 2.53. The average molecular weight is 270 g/mol. The van der Waals surface area contributed by atoms with E-state index >= 15 is 0 Å². The minimum absolute atomic E-state index is 0.989. The molecule has 0 aromatic carbocycles. The molecule has 0 aliphatic heterocycles. The van der Waals surface area contributed by atoms with Gasteiger partial charge in [0.05, 0.1) is 0 Å². The van der Waals surface area contributed by atoms with E-state index in [-0.39, 0.29) is 0 Å². The van der Waals surface area contributed by atoms with Crippen molar-refractivity contribution in [3.63, 3.8) is 0 Å². The van der Waals surface area contributed by atoms with Gasteiger partial charge in [-0.3, -0.25) is 0 Å². The molecule has 0 aromatic heterocycles. The van der Waals surface area contributed by atoms with E-state index in [0.29, 0.717) is 0 Å². The molecule has 0 nitrogen and oxygen atoms in total. The first kappa shape index (κ1) is 9.86. The van der Waals surface area contributed by atoms with Crippen LogP contribution in [0.1, 0.15) is 19.3 Å². The van der Waals surface area contributed by atoms with Crippen LogP contribution in [0.5, 0.6) is 0 Å². The molecule has 0 unspecified atom stereocenters. The van der Waals surface area contributed by atoms with E-state index in [1.807, 2.05) is 6.08 Å². The van der Waals surface area contributed by atoms with Gasteiger partial charge in [-0.2, -0.15) is 0 Å².